The Hall–Kier alpha value is -2.56. The van der Waals surface area contributed by atoms with E-state index in [0.717, 1.165) is 0 Å². The van der Waals surface area contributed by atoms with Gasteiger partial charge in [0, 0.05) is 31.6 Å². The Labute approximate surface area is 184 Å². The molecule has 166 valence electrons. The third-order valence-corrected chi connectivity index (χ3v) is 6.35. The SMILES string of the molecule is C=CCOc1ccc(C(C2C(=O)CC(C)(C)CC2=O)C2C(=O)CC(C)(C)CC2=O)cc1. The summed E-state index contributed by atoms with van der Waals surface area (Å²) in [5.41, 5.74) is -0.149. The van der Waals surface area contributed by atoms with Crippen LogP contribution in [0, 0.1) is 22.7 Å². The van der Waals surface area contributed by atoms with Gasteiger partial charge in [-0.1, -0.05) is 52.5 Å². The van der Waals surface area contributed by atoms with Gasteiger partial charge < -0.3 is 4.74 Å². The average molecular weight is 425 g/mol. The fourth-order valence-electron chi connectivity index (χ4n) is 5.13. The van der Waals surface area contributed by atoms with E-state index in [-0.39, 0.29) is 48.8 Å². The van der Waals surface area contributed by atoms with E-state index in [9.17, 15) is 19.2 Å². The highest BCUT2D eigenvalue weighted by atomic mass is 16.5. The van der Waals surface area contributed by atoms with E-state index in [1.807, 2.05) is 27.7 Å². The highest BCUT2D eigenvalue weighted by Gasteiger charge is 2.52. The molecule has 0 saturated heterocycles. The van der Waals surface area contributed by atoms with Crippen molar-refractivity contribution in [3.05, 3.63) is 42.5 Å². The van der Waals surface area contributed by atoms with E-state index in [4.69, 9.17) is 4.74 Å². The second-order valence-corrected chi connectivity index (χ2v) is 10.6. The summed E-state index contributed by atoms with van der Waals surface area (Å²) in [6.45, 7) is 11.6. The maximum atomic E-state index is 13.1. The van der Waals surface area contributed by atoms with Gasteiger partial charge in [0.1, 0.15) is 35.5 Å². The first-order chi connectivity index (χ1) is 14.4. The van der Waals surface area contributed by atoms with E-state index in [2.05, 4.69) is 6.58 Å². The molecule has 0 heterocycles. The maximum absolute atomic E-state index is 13.1. The highest BCUT2D eigenvalue weighted by molar-refractivity contribution is 6.11. The van der Waals surface area contributed by atoms with Gasteiger partial charge >= 0.3 is 0 Å². The van der Waals surface area contributed by atoms with Crippen LogP contribution in [0.15, 0.2) is 36.9 Å². The van der Waals surface area contributed by atoms with Crippen molar-refractivity contribution in [2.24, 2.45) is 22.7 Å². The minimum absolute atomic E-state index is 0.177. The van der Waals surface area contributed by atoms with Crippen molar-refractivity contribution >= 4 is 23.1 Å². The molecule has 0 bridgehead atoms. The van der Waals surface area contributed by atoms with E-state index >= 15 is 0 Å². The van der Waals surface area contributed by atoms with Crippen LogP contribution in [0.25, 0.3) is 0 Å². The zero-order valence-electron chi connectivity index (χ0n) is 18.9. The molecule has 3 rings (SSSR count). The van der Waals surface area contributed by atoms with Crippen LogP contribution in [0.3, 0.4) is 0 Å². The number of Topliss-reactive ketones (excluding diaryl/α,β-unsaturated/α-hetero) is 4. The standard InChI is InChI=1S/C26H32O5/c1-6-11-31-17-9-7-16(8-10-17)22(23-18(27)12-25(2,3)13-19(23)28)24-20(29)14-26(4,5)15-21(24)30/h6-10,22-24H,1,11-15H2,2-5H3. The van der Waals surface area contributed by atoms with Crippen LogP contribution in [0.2, 0.25) is 0 Å². The van der Waals surface area contributed by atoms with Crippen LogP contribution < -0.4 is 4.74 Å². The number of carbonyl (C=O) groups is 4. The zero-order valence-corrected chi connectivity index (χ0v) is 18.9. The van der Waals surface area contributed by atoms with E-state index in [1.54, 1.807) is 30.3 Å². The quantitative estimate of drug-likeness (QED) is 0.497. The van der Waals surface area contributed by atoms with E-state index in [0.29, 0.717) is 17.9 Å². The summed E-state index contributed by atoms with van der Waals surface area (Å²) in [7, 11) is 0. The lowest BCUT2D eigenvalue weighted by Gasteiger charge is -2.41. The number of hydrogen-bond donors (Lipinski definition) is 0. The van der Waals surface area contributed by atoms with Crippen LogP contribution in [0.1, 0.15) is 64.9 Å². The molecule has 2 saturated carbocycles. The number of ether oxygens (including phenoxy) is 1. The largest absolute Gasteiger partial charge is 0.490 e. The molecule has 5 heteroatoms. The minimum atomic E-state index is -0.966. The van der Waals surface area contributed by atoms with Crippen molar-refractivity contribution < 1.29 is 23.9 Å². The minimum Gasteiger partial charge on any atom is -0.490 e. The van der Waals surface area contributed by atoms with E-state index in [1.165, 1.54) is 0 Å². The topological polar surface area (TPSA) is 77.5 Å². The van der Waals surface area contributed by atoms with Crippen LogP contribution in [-0.2, 0) is 19.2 Å². The smallest absolute Gasteiger partial charge is 0.144 e. The molecule has 0 radical (unpaired) electrons. The molecule has 0 unspecified atom stereocenters. The summed E-state index contributed by atoms with van der Waals surface area (Å²) >= 11 is 0. The Bertz CT molecular complexity index is 818. The lowest BCUT2D eigenvalue weighted by molar-refractivity contribution is -0.145. The van der Waals surface area contributed by atoms with Gasteiger partial charge in [-0.05, 0) is 28.5 Å². The monoisotopic (exact) mass is 424 g/mol. The van der Waals surface area contributed by atoms with Crippen molar-refractivity contribution in [1.29, 1.82) is 0 Å². The van der Waals surface area contributed by atoms with Crippen molar-refractivity contribution in [1.82, 2.24) is 0 Å². The van der Waals surface area contributed by atoms with Gasteiger partial charge in [0.2, 0.25) is 0 Å². The third kappa shape index (κ3) is 5.03. The lowest BCUT2D eigenvalue weighted by atomic mass is 9.59. The summed E-state index contributed by atoms with van der Waals surface area (Å²) in [5, 5.41) is 0. The molecule has 0 spiro atoms. The molecule has 0 aromatic heterocycles. The van der Waals surface area contributed by atoms with Gasteiger partial charge in [0.15, 0.2) is 0 Å². The van der Waals surface area contributed by atoms with Crippen LogP contribution in [-0.4, -0.2) is 29.7 Å². The first-order valence-corrected chi connectivity index (χ1v) is 10.9. The second-order valence-electron chi connectivity index (χ2n) is 10.6. The van der Waals surface area contributed by atoms with Gasteiger partial charge in [-0.3, -0.25) is 19.2 Å². The Morgan fingerprint density at radius 3 is 1.58 bits per heavy atom. The summed E-state index contributed by atoms with van der Waals surface area (Å²) < 4.78 is 5.53. The van der Waals surface area contributed by atoms with Gasteiger partial charge in [0.25, 0.3) is 0 Å². The maximum Gasteiger partial charge on any atom is 0.144 e. The molecule has 0 aliphatic heterocycles. The molecular weight excluding hydrogens is 392 g/mol. The molecular formula is C26H32O5. The number of hydrogen-bond acceptors (Lipinski definition) is 5. The predicted molar refractivity (Wildman–Crippen MR) is 118 cm³/mol. The first-order valence-electron chi connectivity index (χ1n) is 10.9. The second kappa shape index (κ2) is 8.52. The summed E-state index contributed by atoms with van der Waals surface area (Å²) in [6.07, 6.45) is 2.70. The number of benzene rings is 1. The zero-order chi connectivity index (χ0) is 23.0. The molecule has 2 aliphatic carbocycles. The van der Waals surface area contributed by atoms with Crippen LogP contribution in [0.4, 0.5) is 0 Å². The summed E-state index contributed by atoms with van der Waals surface area (Å²) in [6, 6.07) is 7.03. The van der Waals surface area contributed by atoms with Gasteiger partial charge in [-0.2, -0.15) is 0 Å². The van der Waals surface area contributed by atoms with Crippen molar-refractivity contribution in [3.8, 4) is 5.75 Å². The van der Waals surface area contributed by atoms with Crippen molar-refractivity contribution in [2.75, 3.05) is 6.61 Å². The first kappa shape index (κ1) is 23.1. The molecule has 2 fully saturated rings. The van der Waals surface area contributed by atoms with Gasteiger partial charge in [-0.15, -0.1) is 0 Å². The summed E-state index contributed by atoms with van der Waals surface area (Å²) in [4.78, 5) is 52.6. The molecule has 0 N–H and O–H groups in total. The Kier molecular flexibility index (Phi) is 6.35. The fourth-order valence-corrected chi connectivity index (χ4v) is 5.13. The lowest BCUT2D eigenvalue weighted by Crippen LogP contribution is -2.48. The molecule has 31 heavy (non-hydrogen) atoms. The highest BCUT2D eigenvalue weighted by Crippen LogP contribution is 2.47. The molecule has 1 aromatic rings. The van der Waals surface area contributed by atoms with Gasteiger partial charge in [-0.25, -0.2) is 0 Å². The van der Waals surface area contributed by atoms with Crippen LogP contribution in [0.5, 0.6) is 5.75 Å². The van der Waals surface area contributed by atoms with Gasteiger partial charge in [0.05, 0.1) is 11.8 Å². The number of rotatable bonds is 6. The molecule has 1 aromatic carbocycles. The molecule has 2 aliphatic rings. The number of ketones is 4. The predicted octanol–water partition coefficient (Wildman–Crippen LogP) is 4.48. The average Bonchev–Trinajstić information content (AvgIpc) is 2.62. The normalized spacial score (nSPS) is 22.1. The van der Waals surface area contributed by atoms with Crippen molar-refractivity contribution in [3.63, 3.8) is 0 Å². The molecule has 0 atom stereocenters. The van der Waals surface area contributed by atoms with Crippen molar-refractivity contribution in [2.45, 2.75) is 59.3 Å². The fraction of sp³-hybridized carbons (Fsp3) is 0.538. The van der Waals surface area contributed by atoms with Crippen LogP contribution >= 0.6 is 0 Å². The molecule has 5 nitrogen and oxygen atoms in total. The molecule has 0 amide bonds. The Morgan fingerprint density at radius 2 is 1.23 bits per heavy atom. The van der Waals surface area contributed by atoms with E-state index < -0.39 is 28.6 Å². The third-order valence-electron chi connectivity index (χ3n) is 6.35. The Balaban J connectivity index is 2.03. The Morgan fingerprint density at radius 1 is 0.839 bits per heavy atom. The number of carbonyl (C=O) groups excluding carboxylic acids is 4. The summed E-state index contributed by atoms with van der Waals surface area (Å²) in [5.74, 6) is -2.79.